The maximum absolute atomic E-state index is 11.3. The molecule has 20 heavy (non-hydrogen) atoms. The Bertz CT molecular complexity index is 612. The van der Waals surface area contributed by atoms with E-state index in [1.54, 1.807) is 22.7 Å². The number of thiophene rings is 1. The van der Waals surface area contributed by atoms with Crippen LogP contribution in [-0.4, -0.2) is 17.3 Å². The molecule has 0 aliphatic heterocycles. The number of nitrogens with zero attached hydrogens (tertiary/aromatic N) is 2. The van der Waals surface area contributed by atoms with Gasteiger partial charge in [0, 0.05) is 18.5 Å². The molecule has 0 spiro atoms. The van der Waals surface area contributed by atoms with Gasteiger partial charge in [-0.15, -0.1) is 0 Å². The third-order valence-corrected chi connectivity index (χ3v) is 5.67. The Balaban J connectivity index is 1.64. The molecule has 2 aromatic heterocycles. The van der Waals surface area contributed by atoms with Crippen LogP contribution in [0.15, 0.2) is 16.8 Å². The highest BCUT2D eigenvalue weighted by Gasteiger charge is 2.34. The molecule has 0 aromatic carbocycles. The third kappa shape index (κ3) is 2.40. The maximum atomic E-state index is 11.3. The third-order valence-electron chi connectivity index (χ3n) is 3.91. The van der Waals surface area contributed by atoms with Gasteiger partial charge in [0.15, 0.2) is 11.4 Å². The van der Waals surface area contributed by atoms with E-state index in [0.29, 0.717) is 12.0 Å². The topological polar surface area (TPSA) is 33.2 Å². The zero-order chi connectivity index (χ0) is 13.5. The van der Waals surface area contributed by atoms with E-state index >= 15 is 0 Å². The van der Waals surface area contributed by atoms with Crippen molar-refractivity contribution in [2.24, 2.45) is 0 Å². The second kappa shape index (κ2) is 4.97. The van der Waals surface area contributed by atoms with E-state index in [1.807, 2.05) is 0 Å². The number of rotatable bonds is 6. The van der Waals surface area contributed by atoms with Gasteiger partial charge in [0.1, 0.15) is 0 Å². The molecule has 0 bridgehead atoms. The molecule has 2 saturated carbocycles. The summed E-state index contributed by atoms with van der Waals surface area (Å²) in [6.45, 7) is 0.921. The fraction of sp³-hybridized carbons (Fsp3) is 0.467. The molecule has 0 saturated heterocycles. The summed E-state index contributed by atoms with van der Waals surface area (Å²) in [7, 11) is 0. The zero-order valence-corrected chi connectivity index (χ0v) is 12.8. The Morgan fingerprint density at radius 1 is 1.35 bits per heavy atom. The molecule has 2 aliphatic rings. The molecule has 5 heteroatoms. The summed E-state index contributed by atoms with van der Waals surface area (Å²) in [6, 6.07) is 2.79. The second-order valence-corrected chi connectivity index (χ2v) is 7.42. The fourth-order valence-corrected chi connectivity index (χ4v) is 4.20. The zero-order valence-electron chi connectivity index (χ0n) is 11.1. The number of aldehydes is 1. The monoisotopic (exact) mass is 304 g/mol. The maximum Gasteiger partial charge on any atom is 0.186 e. The normalized spacial score (nSPS) is 18.2. The largest absolute Gasteiger partial charge is 0.341 e. The molecule has 0 atom stereocenters. The fourth-order valence-electron chi connectivity index (χ4n) is 2.51. The van der Waals surface area contributed by atoms with Crippen LogP contribution in [0.5, 0.6) is 0 Å². The highest BCUT2D eigenvalue weighted by Crippen LogP contribution is 2.45. The van der Waals surface area contributed by atoms with Crippen LogP contribution in [0.2, 0.25) is 0 Å². The molecule has 3 nitrogen and oxygen atoms in total. The van der Waals surface area contributed by atoms with E-state index < -0.39 is 0 Å². The van der Waals surface area contributed by atoms with Crippen molar-refractivity contribution in [2.45, 2.75) is 44.2 Å². The van der Waals surface area contributed by atoms with Gasteiger partial charge in [-0.25, -0.2) is 4.98 Å². The summed E-state index contributed by atoms with van der Waals surface area (Å²) in [5.74, 6) is 0.544. The van der Waals surface area contributed by atoms with Crippen LogP contribution in [0.3, 0.4) is 0 Å². The van der Waals surface area contributed by atoms with Crippen LogP contribution in [0, 0.1) is 0 Å². The Kier molecular flexibility index (Phi) is 3.11. The lowest BCUT2D eigenvalue weighted by atomic mass is 10.3. The number of anilines is 1. The summed E-state index contributed by atoms with van der Waals surface area (Å²) in [4.78, 5) is 19.3. The van der Waals surface area contributed by atoms with Crippen molar-refractivity contribution in [3.05, 3.63) is 33.0 Å². The van der Waals surface area contributed by atoms with E-state index in [4.69, 9.17) is 4.98 Å². The van der Waals surface area contributed by atoms with Crippen molar-refractivity contribution in [3.63, 3.8) is 0 Å². The molecule has 0 unspecified atom stereocenters. The minimum Gasteiger partial charge on any atom is -0.341 e. The van der Waals surface area contributed by atoms with Gasteiger partial charge in [-0.2, -0.15) is 11.3 Å². The average Bonchev–Trinajstić information content (AvgIpc) is 3.39. The number of carbonyl (C=O) groups excluding carboxylic acids is 1. The summed E-state index contributed by atoms with van der Waals surface area (Å²) in [6.07, 6.45) is 5.87. The van der Waals surface area contributed by atoms with E-state index in [0.717, 1.165) is 28.5 Å². The van der Waals surface area contributed by atoms with Crippen molar-refractivity contribution in [3.8, 4) is 0 Å². The van der Waals surface area contributed by atoms with Crippen molar-refractivity contribution in [2.75, 3.05) is 4.90 Å². The minimum absolute atomic E-state index is 0.544. The highest BCUT2D eigenvalue weighted by molar-refractivity contribution is 7.17. The number of hydrogen-bond donors (Lipinski definition) is 0. The van der Waals surface area contributed by atoms with Gasteiger partial charge in [0.2, 0.25) is 0 Å². The van der Waals surface area contributed by atoms with Gasteiger partial charge < -0.3 is 4.90 Å². The second-order valence-electron chi connectivity index (χ2n) is 5.63. The molecule has 0 amide bonds. The molecular weight excluding hydrogens is 288 g/mol. The van der Waals surface area contributed by atoms with Crippen LogP contribution in [-0.2, 0) is 6.54 Å². The molecule has 2 aliphatic carbocycles. The Labute approximate surface area is 126 Å². The lowest BCUT2D eigenvalue weighted by Crippen LogP contribution is -2.24. The molecule has 104 valence electrons. The summed E-state index contributed by atoms with van der Waals surface area (Å²) in [5, 5.41) is 5.36. The van der Waals surface area contributed by atoms with Crippen LogP contribution in [0.4, 0.5) is 5.13 Å². The van der Waals surface area contributed by atoms with Crippen molar-refractivity contribution < 1.29 is 4.79 Å². The smallest absolute Gasteiger partial charge is 0.186 e. The van der Waals surface area contributed by atoms with Gasteiger partial charge in [-0.3, -0.25) is 4.79 Å². The first-order chi connectivity index (χ1) is 9.85. The molecule has 2 heterocycles. The lowest BCUT2D eigenvalue weighted by molar-refractivity contribution is 0.112. The Morgan fingerprint density at radius 3 is 2.80 bits per heavy atom. The average molecular weight is 304 g/mol. The predicted molar refractivity (Wildman–Crippen MR) is 83.0 cm³/mol. The Hall–Kier alpha value is -1.20. The van der Waals surface area contributed by atoms with Crippen molar-refractivity contribution >= 4 is 34.1 Å². The first kappa shape index (κ1) is 12.5. The number of hydrogen-bond acceptors (Lipinski definition) is 5. The summed E-state index contributed by atoms with van der Waals surface area (Å²) < 4.78 is 0. The predicted octanol–water partition coefficient (Wildman–Crippen LogP) is 4.06. The molecular formula is C15H16N2OS2. The first-order valence-electron chi connectivity index (χ1n) is 7.09. The Morgan fingerprint density at radius 2 is 2.20 bits per heavy atom. The van der Waals surface area contributed by atoms with E-state index in [-0.39, 0.29) is 0 Å². The quantitative estimate of drug-likeness (QED) is 0.754. The summed E-state index contributed by atoms with van der Waals surface area (Å²) >= 11 is 3.31. The van der Waals surface area contributed by atoms with Gasteiger partial charge in [-0.05, 0) is 48.1 Å². The van der Waals surface area contributed by atoms with Crippen molar-refractivity contribution in [1.82, 2.24) is 4.98 Å². The minimum atomic E-state index is 0.544. The number of aromatic nitrogens is 1. The lowest BCUT2D eigenvalue weighted by Gasteiger charge is -2.20. The van der Waals surface area contributed by atoms with E-state index in [1.165, 1.54) is 31.2 Å². The number of thiazole rings is 1. The SMILES string of the molecule is O=Cc1sc(N(Cc2ccsc2)C2CC2)nc1C1CC1. The molecule has 0 N–H and O–H groups in total. The van der Waals surface area contributed by atoms with Gasteiger partial charge >= 0.3 is 0 Å². The van der Waals surface area contributed by atoms with Crippen LogP contribution in [0.1, 0.15) is 52.5 Å². The van der Waals surface area contributed by atoms with Gasteiger partial charge in [0.05, 0.1) is 10.6 Å². The molecule has 2 aromatic rings. The van der Waals surface area contributed by atoms with E-state index in [2.05, 4.69) is 21.7 Å². The van der Waals surface area contributed by atoms with Crippen LogP contribution >= 0.6 is 22.7 Å². The van der Waals surface area contributed by atoms with Gasteiger partial charge in [0.25, 0.3) is 0 Å². The molecule has 2 fully saturated rings. The molecule has 4 rings (SSSR count). The first-order valence-corrected chi connectivity index (χ1v) is 8.84. The standard InChI is InChI=1S/C15H16N2OS2/c18-8-13-14(11-1-2-11)16-15(20-13)17(12-3-4-12)7-10-5-6-19-9-10/h5-6,8-9,11-12H,1-4,7H2. The van der Waals surface area contributed by atoms with Crippen LogP contribution < -0.4 is 4.90 Å². The summed E-state index contributed by atoms with van der Waals surface area (Å²) in [5.41, 5.74) is 2.40. The van der Waals surface area contributed by atoms with Gasteiger partial charge in [-0.1, -0.05) is 11.3 Å². The highest BCUT2D eigenvalue weighted by atomic mass is 32.1. The number of carbonyl (C=O) groups is 1. The van der Waals surface area contributed by atoms with Crippen molar-refractivity contribution in [1.29, 1.82) is 0 Å². The van der Waals surface area contributed by atoms with E-state index in [9.17, 15) is 4.79 Å². The van der Waals surface area contributed by atoms with Crippen LogP contribution in [0.25, 0.3) is 0 Å². The molecule has 0 radical (unpaired) electrons.